The molecule has 1 aromatic rings. The third-order valence-corrected chi connectivity index (χ3v) is 3.32. The average Bonchev–Trinajstić information content (AvgIpc) is 2.38. The first kappa shape index (κ1) is 17.6. The topological polar surface area (TPSA) is 0 Å². The molecule has 0 heterocycles. The van der Waals surface area contributed by atoms with Gasteiger partial charge >= 0.3 is 18.9 Å². The number of rotatable bonds is 9. The molecule has 18 heavy (non-hydrogen) atoms. The van der Waals surface area contributed by atoms with Crippen LogP contribution in [0.15, 0.2) is 30.8 Å². The van der Waals surface area contributed by atoms with Crippen molar-refractivity contribution in [2.75, 3.05) is 0 Å². The third kappa shape index (κ3) is 7.09. The summed E-state index contributed by atoms with van der Waals surface area (Å²) >= 11 is 0. The summed E-state index contributed by atoms with van der Waals surface area (Å²) in [6.07, 6.45) is 12.8. The maximum absolute atomic E-state index is 3.87. The second kappa shape index (κ2) is 11.6. The van der Waals surface area contributed by atoms with Crippen molar-refractivity contribution in [3.63, 3.8) is 0 Å². The van der Waals surface area contributed by atoms with Crippen LogP contribution >= 0.6 is 0 Å². The molecular weight excluding hydrogens is 211 g/mol. The zero-order valence-corrected chi connectivity index (χ0v) is 11.3. The van der Waals surface area contributed by atoms with E-state index in [0.29, 0.717) is 0 Å². The molecule has 1 rings (SSSR count). The molecule has 0 aliphatic rings. The molecule has 0 fully saturated rings. The summed E-state index contributed by atoms with van der Waals surface area (Å²) < 4.78 is 0. The molecule has 0 radical (unpaired) electrons. The molecule has 0 amide bonds. The van der Waals surface area contributed by atoms with Crippen molar-refractivity contribution in [2.24, 2.45) is 0 Å². The summed E-state index contributed by atoms with van der Waals surface area (Å²) in [7, 11) is 0. The number of unbranched alkanes of at least 4 members (excludes halogenated alkanes) is 6. The molecule has 0 N–H and O–H groups in total. The van der Waals surface area contributed by atoms with Gasteiger partial charge in [-0.15, -0.1) is 0 Å². The van der Waals surface area contributed by atoms with Gasteiger partial charge in [0.2, 0.25) is 0 Å². The van der Waals surface area contributed by atoms with Gasteiger partial charge in [0.25, 0.3) is 0 Å². The van der Waals surface area contributed by atoms with E-state index in [-0.39, 0.29) is 18.9 Å². The van der Waals surface area contributed by atoms with Gasteiger partial charge in [-0.25, -0.2) is 0 Å². The minimum absolute atomic E-state index is 0. The Morgan fingerprint density at radius 3 is 2.22 bits per heavy atom. The summed E-state index contributed by atoms with van der Waals surface area (Å²) in [5, 5.41) is 0. The normalized spacial score (nSPS) is 9.83. The molecule has 0 saturated heterocycles. The SMILES string of the molecule is C=Cc1ccccc1CCCCCCCCC.[LiH]. The summed E-state index contributed by atoms with van der Waals surface area (Å²) in [6, 6.07) is 8.60. The van der Waals surface area contributed by atoms with Gasteiger partial charge in [-0.3, -0.25) is 0 Å². The predicted molar refractivity (Wildman–Crippen MR) is 85.4 cm³/mol. The quantitative estimate of drug-likeness (QED) is 0.420. The van der Waals surface area contributed by atoms with Gasteiger partial charge < -0.3 is 0 Å². The predicted octanol–water partition coefficient (Wildman–Crippen LogP) is 4.97. The summed E-state index contributed by atoms with van der Waals surface area (Å²) in [5.41, 5.74) is 2.76. The zero-order chi connectivity index (χ0) is 12.3. The van der Waals surface area contributed by atoms with Crippen molar-refractivity contribution in [2.45, 2.75) is 58.3 Å². The van der Waals surface area contributed by atoms with Crippen molar-refractivity contribution < 1.29 is 0 Å². The van der Waals surface area contributed by atoms with E-state index in [4.69, 9.17) is 0 Å². The van der Waals surface area contributed by atoms with E-state index in [2.05, 4.69) is 37.8 Å². The van der Waals surface area contributed by atoms with Crippen LogP contribution in [0.1, 0.15) is 63.0 Å². The summed E-state index contributed by atoms with van der Waals surface area (Å²) in [4.78, 5) is 0. The fourth-order valence-electron chi connectivity index (χ4n) is 2.23. The minimum atomic E-state index is 0. The fraction of sp³-hybridized carbons (Fsp3) is 0.529. The van der Waals surface area contributed by atoms with Crippen LogP contribution in [0.4, 0.5) is 0 Å². The van der Waals surface area contributed by atoms with Crippen LogP contribution in [0.3, 0.4) is 0 Å². The van der Waals surface area contributed by atoms with Crippen LogP contribution in [0.2, 0.25) is 0 Å². The van der Waals surface area contributed by atoms with Crippen LogP contribution in [-0.4, -0.2) is 18.9 Å². The average molecular weight is 238 g/mol. The summed E-state index contributed by atoms with van der Waals surface area (Å²) in [5.74, 6) is 0. The van der Waals surface area contributed by atoms with E-state index in [1.54, 1.807) is 0 Å². The molecule has 0 aliphatic heterocycles. The first-order chi connectivity index (χ1) is 8.38. The zero-order valence-electron chi connectivity index (χ0n) is 11.3. The van der Waals surface area contributed by atoms with Gasteiger partial charge in [-0.1, -0.05) is 82.4 Å². The van der Waals surface area contributed by atoms with Crippen LogP contribution in [0.5, 0.6) is 0 Å². The maximum atomic E-state index is 3.87. The summed E-state index contributed by atoms with van der Waals surface area (Å²) in [6.45, 7) is 6.14. The molecule has 1 heteroatoms. The Morgan fingerprint density at radius 1 is 0.944 bits per heavy atom. The third-order valence-electron chi connectivity index (χ3n) is 3.32. The Kier molecular flexibility index (Phi) is 11.4. The number of hydrogen-bond donors (Lipinski definition) is 0. The van der Waals surface area contributed by atoms with E-state index in [1.165, 1.54) is 62.5 Å². The number of benzene rings is 1. The van der Waals surface area contributed by atoms with E-state index in [1.807, 2.05) is 6.08 Å². The van der Waals surface area contributed by atoms with Crippen molar-refractivity contribution in [1.82, 2.24) is 0 Å². The first-order valence-corrected chi connectivity index (χ1v) is 7.08. The molecule has 0 saturated carbocycles. The molecule has 96 valence electrons. The van der Waals surface area contributed by atoms with E-state index in [0.717, 1.165) is 0 Å². The molecule has 0 bridgehead atoms. The van der Waals surface area contributed by atoms with Crippen molar-refractivity contribution in [1.29, 1.82) is 0 Å². The fourth-order valence-corrected chi connectivity index (χ4v) is 2.23. The Morgan fingerprint density at radius 2 is 1.56 bits per heavy atom. The van der Waals surface area contributed by atoms with Crippen LogP contribution < -0.4 is 0 Å². The van der Waals surface area contributed by atoms with E-state index < -0.39 is 0 Å². The van der Waals surface area contributed by atoms with E-state index in [9.17, 15) is 0 Å². The monoisotopic (exact) mass is 238 g/mol. The second-order valence-electron chi connectivity index (χ2n) is 4.77. The molecule has 0 nitrogen and oxygen atoms in total. The first-order valence-electron chi connectivity index (χ1n) is 7.08. The standard InChI is InChI=1S/C17H26.Li.H/c1-3-5-6-7-8-9-10-14-17-15-12-11-13-16(17)4-2;;/h4,11-13,15H,2-3,5-10,14H2,1H3;;. The molecule has 0 aliphatic carbocycles. The second-order valence-corrected chi connectivity index (χ2v) is 4.77. The van der Waals surface area contributed by atoms with E-state index >= 15 is 0 Å². The van der Waals surface area contributed by atoms with Crippen molar-refractivity contribution in [3.8, 4) is 0 Å². The molecule has 0 spiro atoms. The van der Waals surface area contributed by atoms with Gasteiger partial charge in [-0.2, -0.15) is 0 Å². The Hall–Kier alpha value is -0.443. The molecule has 0 aromatic heterocycles. The van der Waals surface area contributed by atoms with Crippen LogP contribution in [0, 0.1) is 0 Å². The van der Waals surface area contributed by atoms with Gasteiger partial charge in [0.15, 0.2) is 0 Å². The van der Waals surface area contributed by atoms with Gasteiger partial charge in [0, 0.05) is 0 Å². The van der Waals surface area contributed by atoms with Gasteiger partial charge in [-0.05, 0) is 24.0 Å². The van der Waals surface area contributed by atoms with Gasteiger partial charge in [0.05, 0.1) is 0 Å². The molecular formula is C17H27Li. The van der Waals surface area contributed by atoms with Crippen molar-refractivity contribution in [3.05, 3.63) is 42.0 Å². The Bertz CT molecular complexity index is 317. The molecule has 0 atom stereocenters. The molecule has 0 unspecified atom stereocenters. The molecule has 1 aromatic carbocycles. The van der Waals surface area contributed by atoms with Gasteiger partial charge in [0.1, 0.15) is 0 Å². The Balaban J connectivity index is 0.00000289. The van der Waals surface area contributed by atoms with Crippen molar-refractivity contribution >= 4 is 24.9 Å². The number of hydrogen-bond acceptors (Lipinski definition) is 0. The Labute approximate surface area is 125 Å². The van der Waals surface area contributed by atoms with Crippen LogP contribution in [-0.2, 0) is 6.42 Å². The van der Waals surface area contributed by atoms with Crippen LogP contribution in [0.25, 0.3) is 6.08 Å². The number of aryl methyl sites for hydroxylation is 1.